The van der Waals surface area contributed by atoms with Crippen molar-refractivity contribution in [3.63, 3.8) is 0 Å². The van der Waals surface area contributed by atoms with E-state index in [1.54, 1.807) is 0 Å². The Kier molecular flexibility index (Phi) is 4.84. The molecule has 1 aromatic rings. The average molecular weight is 244 g/mol. The minimum Gasteiger partial charge on any atom is -0.398 e. The minimum absolute atomic E-state index is 0.0830. The summed E-state index contributed by atoms with van der Waals surface area (Å²) in [6, 6.07) is 1.56. The van der Waals surface area contributed by atoms with E-state index < -0.39 is 17.5 Å². The summed E-state index contributed by atoms with van der Waals surface area (Å²) < 4.78 is 30.7. The molecular formula is C11H14F2N2O2. The number of nitrogens with one attached hydrogen (secondary N) is 1. The number of rotatable bonds is 5. The molecule has 0 aliphatic heterocycles. The van der Waals surface area contributed by atoms with Gasteiger partial charge in [0.15, 0.2) is 11.6 Å². The summed E-state index contributed by atoms with van der Waals surface area (Å²) in [6.07, 6.45) is 0. The van der Waals surface area contributed by atoms with Crippen molar-refractivity contribution >= 4 is 11.6 Å². The van der Waals surface area contributed by atoms with E-state index in [-0.39, 0.29) is 17.8 Å². The Morgan fingerprint density at radius 2 is 2.06 bits per heavy atom. The molecule has 1 amide bonds. The average Bonchev–Trinajstić information content (AvgIpc) is 2.29. The molecule has 0 heterocycles. The van der Waals surface area contributed by atoms with Crippen molar-refractivity contribution in [3.05, 3.63) is 29.3 Å². The van der Waals surface area contributed by atoms with Crippen LogP contribution in [-0.2, 0) is 4.74 Å². The summed E-state index contributed by atoms with van der Waals surface area (Å²) in [5.74, 6) is -2.73. The third kappa shape index (κ3) is 3.67. The fourth-order valence-electron chi connectivity index (χ4n) is 1.24. The van der Waals surface area contributed by atoms with E-state index in [0.29, 0.717) is 13.2 Å². The first-order valence-electron chi connectivity index (χ1n) is 5.16. The van der Waals surface area contributed by atoms with Gasteiger partial charge in [-0.15, -0.1) is 0 Å². The van der Waals surface area contributed by atoms with Gasteiger partial charge in [0.2, 0.25) is 0 Å². The number of nitrogen functional groups attached to an aromatic ring is 1. The first-order valence-corrected chi connectivity index (χ1v) is 5.16. The topological polar surface area (TPSA) is 64.3 Å². The van der Waals surface area contributed by atoms with Gasteiger partial charge in [-0.2, -0.15) is 0 Å². The largest absolute Gasteiger partial charge is 0.398 e. The summed E-state index contributed by atoms with van der Waals surface area (Å²) in [4.78, 5) is 11.6. The van der Waals surface area contributed by atoms with Gasteiger partial charge in [0, 0.05) is 24.9 Å². The monoisotopic (exact) mass is 244 g/mol. The Labute approximate surface area is 97.8 Å². The third-order valence-electron chi connectivity index (χ3n) is 2.07. The smallest absolute Gasteiger partial charge is 0.253 e. The maximum Gasteiger partial charge on any atom is 0.253 e. The Morgan fingerprint density at radius 1 is 1.41 bits per heavy atom. The molecule has 0 saturated carbocycles. The van der Waals surface area contributed by atoms with Gasteiger partial charge >= 0.3 is 0 Å². The number of benzene rings is 1. The Bertz CT molecular complexity index is 411. The van der Waals surface area contributed by atoms with E-state index in [4.69, 9.17) is 10.5 Å². The summed E-state index contributed by atoms with van der Waals surface area (Å²) in [5, 5.41) is 2.49. The van der Waals surface area contributed by atoms with Crippen molar-refractivity contribution in [1.82, 2.24) is 5.32 Å². The first-order chi connectivity index (χ1) is 8.06. The van der Waals surface area contributed by atoms with Gasteiger partial charge in [-0.05, 0) is 13.0 Å². The molecule has 4 nitrogen and oxygen atoms in total. The highest BCUT2D eigenvalue weighted by molar-refractivity contribution is 5.99. The fourth-order valence-corrected chi connectivity index (χ4v) is 1.24. The van der Waals surface area contributed by atoms with Crippen LogP contribution in [0.5, 0.6) is 0 Å². The van der Waals surface area contributed by atoms with Crippen molar-refractivity contribution in [3.8, 4) is 0 Å². The summed E-state index contributed by atoms with van der Waals surface area (Å²) >= 11 is 0. The van der Waals surface area contributed by atoms with E-state index in [1.807, 2.05) is 6.92 Å². The van der Waals surface area contributed by atoms with E-state index >= 15 is 0 Å². The van der Waals surface area contributed by atoms with Crippen LogP contribution in [0.25, 0.3) is 0 Å². The number of anilines is 1. The summed E-state index contributed by atoms with van der Waals surface area (Å²) in [6.45, 7) is 3.01. The molecule has 1 aromatic carbocycles. The number of carbonyl (C=O) groups excluding carboxylic acids is 1. The molecule has 17 heavy (non-hydrogen) atoms. The SMILES string of the molecule is CCOCCNC(=O)c1cc(F)c(F)cc1N. The lowest BCUT2D eigenvalue weighted by atomic mass is 10.1. The van der Waals surface area contributed by atoms with Crippen LogP contribution in [0, 0.1) is 11.6 Å². The standard InChI is InChI=1S/C11H14F2N2O2/c1-2-17-4-3-15-11(16)7-5-8(12)9(13)6-10(7)14/h5-6H,2-4,14H2,1H3,(H,15,16). The van der Waals surface area contributed by atoms with Gasteiger partial charge in [-0.1, -0.05) is 0 Å². The van der Waals surface area contributed by atoms with Gasteiger partial charge < -0.3 is 15.8 Å². The number of ether oxygens (including phenoxy) is 1. The second-order valence-corrected chi connectivity index (χ2v) is 3.31. The van der Waals surface area contributed by atoms with Gasteiger partial charge in [0.1, 0.15) is 0 Å². The van der Waals surface area contributed by atoms with Crippen molar-refractivity contribution < 1.29 is 18.3 Å². The van der Waals surface area contributed by atoms with Crippen LogP contribution in [0.4, 0.5) is 14.5 Å². The predicted molar refractivity (Wildman–Crippen MR) is 59.6 cm³/mol. The van der Waals surface area contributed by atoms with E-state index in [1.165, 1.54) is 0 Å². The molecule has 0 spiro atoms. The zero-order chi connectivity index (χ0) is 12.8. The molecule has 6 heteroatoms. The Hall–Kier alpha value is -1.69. The van der Waals surface area contributed by atoms with Gasteiger partial charge in [0.25, 0.3) is 5.91 Å². The summed E-state index contributed by atoms with van der Waals surface area (Å²) in [7, 11) is 0. The van der Waals surface area contributed by atoms with Crippen LogP contribution in [0.2, 0.25) is 0 Å². The molecule has 3 N–H and O–H groups in total. The van der Waals surface area contributed by atoms with Crippen LogP contribution >= 0.6 is 0 Å². The molecule has 0 aliphatic rings. The molecule has 0 aliphatic carbocycles. The summed E-state index contributed by atoms with van der Waals surface area (Å²) in [5.41, 5.74) is 5.24. The van der Waals surface area contributed by atoms with Crippen molar-refractivity contribution in [2.45, 2.75) is 6.92 Å². The minimum atomic E-state index is -1.10. The van der Waals surface area contributed by atoms with Crippen LogP contribution in [0.15, 0.2) is 12.1 Å². The molecule has 1 rings (SSSR count). The lowest BCUT2D eigenvalue weighted by Crippen LogP contribution is -2.28. The van der Waals surface area contributed by atoms with Crippen LogP contribution < -0.4 is 11.1 Å². The number of halogens is 2. The highest BCUT2D eigenvalue weighted by atomic mass is 19.2. The maximum atomic E-state index is 12.9. The molecule has 94 valence electrons. The first kappa shape index (κ1) is 13.4. The van der Waals surface area contributed by atoms with E-state index in [9.17, 15) is 13.6 Å². The van der Waals surface area contributed by atoms with E-state index in [0.717, 1.165) is 12.1 Å². The second kappa shape index (κ2) is 6.15. The van der Waals surface area contributed by atoms with Crippen molar-refractivity contribution in [2.24, 2.45) is 0 Å². The lowest BCUT2D eigenvalue weighted by molar-refractivity contribution is 0.0923. The highest BCUT2D eigenvalue weighted by Crippen LogP contribution is 2.16. The lowest BCUT2D eigenvalue weighted by Gasteiger charge is -2.08. The van der Waals surface area contributed by atoms with E-state index in [2.05, 4.69) is 5.32 Å². The van der Waals surface area contributed by atoms with Gasteiger partial charge in [-0.25, -0.2) is 8.78 Å². The zero-order valence-corrected chi connectivity index (χ0v) is 9.43. The maximum absolute atomic E-state index is 12.9. The molecule has 0 fully saturated rings. The fraction of sp³-hybridized carbons (Fsp3) is 0.364. The molecule has 0 radical (unpaired) electrons. The molecular weight excluding hydrogens is 230 g/mol. The zero-order valence-electron chi connectivity index (χ0n) is 9.43. The molecule has 0 aromatic heterocycles. The molecule has 0 unspecified atom stereocenters. The molecule has 0 saturated heterocycles. The quantitative estimate of drug-likeness (QED) is 0.606. The Morgan fingerprint density at radius 3 is 2.71 bits per heavy atom. The van der Waals surface area contributed by atoms with Gasteiger partial charge in [0.05, 0.1) is 12.2 Å². The van der Waals surface area contributed by atoms with Crippen LogP contribution in [-0.4, -0.2) is 25.7 Å². The normalized spacial score (nSPS) is 10.3. The van der Waals surface area contributed by atoms with Crippen molar-refractivity contribution in [1.29, 1.82) is 0 Å². The molecule has 0 bridgehead atoms. The third-order valence-corrected chi connectivity index (χ3v) is 2.07. The molecule has 0 atom stereocenters. The second-order valence-electron chi connectivity index (χ2n) is 3.31. The number of hydrogen-bond acceptors (Lipinski definition) is 3. The Balaban J connectivity index is 2.66. The number of carbonyl (C=O) groups is 1. The number of amides is 1. The highest BCUT2D eigenvalue weighted by Gasteiger charge is 2.13. The predicted octanol–water partition coefficient (Wildman–Crippen LogP) is 1.31. The number of nitrogens with two attached hydrogens (primary N) is 1. The van der Waals surface area contributed by atoms with Gasteiger partial charge in [-0.3, -0.25) is 4.79 Å². The van der Waals surface area contributed by atoms with Crippen LogP contribution in [0.3, 0.4) is 0 Å². The van der Waals surface area contributed by atoms with Crippen molar-refractivity contribution in [2.75, 3.05) is 25.5 Å². The number of hydrogen-bond donors (Lipinski definition) is 2. The van der Waals surface area contributed by atoms with Crippen LogP contribution in [0.1, 0.15) is 17.3 Å².